The summed E-state index contributed by atoms with van der Waals surface area (Å²) in [6, 6.07) is 56.7. The molecule has 0 atom stereocenters. The van der Waals surface area contributed by atoms with Crippen LogP contribution in [0.2, 0.25) is 0 Å². The quantitative estimate of drug-likeness (QED) is 0.107. The van der Waals surface area contributed by atoms with Crippen molar-refractivity contribution in [2.24, 2.45) is 0 Å². The standard InChI is InChI=1S/C46H32N6/c47-33-39(37-15-19-43(20-16-37)51(41-7-3-1-4-8-41)45-23-27-49-28-24-45)31-35-11-13-36(14-12-35)32-40(34-48)38-17-21-44(22-18-38)52(42-9-5-2-6-10-42)46-25-29-50-30-26-46/h1-32H. The highest BCUT2D eigenvalue weighted by atomic mass is 15.1. The van der Waals surface area contributed by atoms with E-state index in [2.05, 4.69) is 56.2 Å². The van der Waals surface area contributed by atoms with Crippen LogP contribution in [0.4, 0.5) is 34.1 Å². The summed E-state index contributed by atoms with van der Waals surface area (Å²) < 4.78 is 0. The molecular weight excluding hydrogens is 637 g/mol. The van der Waals surface area contributed by atoms with Crippen molar-refractivity contribution in [3.05, 3.63) is 205 Å². The summed E-state index contributed by atoms with van der Waals surface area (Å²) in [4.78, 5) is 12.7. The number of nitrogens with zero attached hydrogens (tertiary/aromatic N) is 6. The number of para-hydroxylation sites is 2. The maximum Gasteiger partial charge on any atom is 0.0998 e. The third-order valence-electron chi connectivity index (χ3n) is 8.54. The zero-order valence-corrected chi connectivity index (χ0v) is 28.2. The van der Waals surface area contributed by atoms with Crippen LogP contribution in [-0.4, -0.2) is 9.97 Å². The largest absolute Gasteiger partial charge is 0.310 e. The molecule has 2 aromatic heterocycles. The summed E-state index contributed by atoms with van der Waals surface area (Å²) in [5, 5.41) is 20.2. The number of nitriles is 2. The molecule has 2 heterocycles. The lowest BCUT2D eigenvalue weighted by atomic mass is 10.0. The molecule has 5 aromatic carbocycles. The minimum Gasteiger partial charge on any atom is -0.310 e. The second-order valence-electron chi connectivity index (χ2n) is 11.9. The first-order valence-electron chi connectivity index (χ1n) is 16.7. The Hall–Kier alpha value is -7.54. The maximum atomic E-state index is 10.1. The highest BCUT2D eigenvalue weighted by Gasteiger charge is 2.14. The van der Waals surface area contributed by atoms with Gasteiger partial charge in [0.05, 0.1) is 23.3 Å². The first kappa shape index (κ1) is 33.0. The van der Waals surface area contributed by atoms with Crippen molar-refractivity contribution in [2.75, 3.05) is 9.80 Å². The van der Waals surface area contributed by atoms with Gasteiger partial charge in [0, 0.05) is 58.9 Å². The minimum atomic E-state index is 0.555. The molecule has 0 aliphatic heterocycles. The summed E-state index contributed by atoms with van der Waals surface area (Å²) in [6.45, 7) is 0. The molecule has 0 saturated heterocycles. The normalized spacial score (nSPS) is 11.3. The maximum absolute atomic E-state index is 10.1. The van der Waals surface area contributed by atoms with Gasteiger partial charge in [-0.1, -0.05) is 84.9 Å². The fraction of sp³-hybridized carbons (Fsp3) is 0. The molecule has 52 heavy (non-hydrogen) atoms. The van der Waals surface area contributed by atoms with Gasteiger partial charge in [0.25, 0.3) is 0 Å². The number of hydrogen-bond donors (Lipinski definition) is 0. The molecule has 0 aliphatic carbocycles. The Balaban J connectivity index is 1.10. The molecule has 0 fully saturated rings. The van der Waals surface area contributed by atoms with Crippen molar-refractivity contribution < 1.29 is 0 Å². The summed E-state index contributed by atoms with van der Waals surface area (Å²) in [5.41, 5.74) is 10.5. The van der Waals surface area contributed by atoms with Crippen LogP contribution in [0.1, 0.15) is 22.3 Å². The molecule has 6 heteroatoms. The molecule has 246 valence electrons. The van der Waals surface area contributed by atoms with E-state index in [0.717, 1.165) is 56.4 Å². The lowest BCUT2D eigenvalue weighted by Gasteiger charge is -2.25. The van der Waals surface area contributed by atoms with Crippen LogP contribution >= 0.6 is 0 Å². The Labute approximate surface area is 303 Å². The fourth-order valence-electron chi connectivity index (χ4n) is 6.00. The van der Waals surface area contributed by atoms with Gasteiger partial charge in [-0.3, -0.25) is 9.97 Å². The SMILES string of the molecule is N#CC(=Cc1ccc(C=C(C#N)c2ccc(N(c3ccccc3)c3ccncc3)cc2)cc1)c1ccc(N(c2ccccc2)c2ccncc2)cc1. The number of benzene rings is 5. The van der Waals surface area contributed by atoms with Crippen molar-refractivity contribution in [1.29, 1.82) is 10.5 Å². The van der Waals surface area contributed by atoms with Gasteiger partial charge in [0.1, 0.15) is 0 Å². The third-order valence-corrected chi connectivity index (χ3v) is 8.54. The predicted molar refractivity (Wildman–Crippen MR) is 211 cm³/mol. The van der Waals surface area contributed by atoms with Gasteiger partial charge >= 0.3 is 0 Å². The van der Waals surface area contributed by atoms with Gasteiger partial charge in [-0.15, -0.1) is 0 Å². The highest BCUT2D eigenvalue weighted by Crippen LogP contribution is 2.36. The number of rotatable bonds is 10. The van der Waals surface area contributed by atoms with Gasteiger partial charge in [-0.25, -0.2) is 0 Å². The van der Waals surface area contributed by atoms with Gasteiger partial charge < -0.3 is 9.80 Å². The van der Waals surface area contributed by atoms with Crippen molar-refractivity contribution >= 4 is 57.4 Å². The molecule has 0 aliphatic rings. The van der Waals surface area contributed by atoms with E-state index in [1.54, 1.807) is 24.8 Å². The van der Waals surface area contributed by atoms with E-state index in [9.17, 15) is 10.5 Å². The van der Waals surface area contributed by atoms with Crippen LogP contribution in [0, 0.1) is 22.7 Å². The van der Waals surface area contributed by atoms with Gasteiger partial charge in [0.15, 0.2) is 0 Å². The zero-order valence-electron chi connectivity index (χ0n) is 28.2. The number of allylic oxidation sites excluding steroid dienone is 2. The zero-order chi connectivity index (χ0) is 35.5. The van der Waals surface area contributed by atoms with Crippen LogP contribution < -0.4 is 9.80 Å². The van der Waals surface area contributed by atoms with E-state index in [0.29, 0.717) is 11.1 Å². The molecule has 0 amide bonds. The van der Waals surface area contributed by atoms with E-state index >= 15 is 0 Å². The Morgan fingerprint density at radius 2 is 0.692 bits per heavy atom. The number of anilines is 6. The van der Waals surface area contributed by atoms with E-state index in [1.807, 2.05) is 146 Å². The second kappa shape index (κ2) is 15.8. The Bertz CT molecular complexity index is 2120. The van der Waals surface area contributed by atoms with Gasteiger partial charge in [0.2, 0.25) is 0 Å². The smallest absolute Gasteiger partial charge is 0.0998 e. The molecule has 0 bridgehead atoms. The third kappa shape index (κ3) is 7.53. The number of hydrogen-bond acceptors (Lipinski definition) is 6. The summed E-state index contributed by atoms with van der Waals surface area (Å²) in [5.74, 6) is 0. The first-order chi connectivity index (χ1) is 25.7. The molecule has 0 saturated carbocycles. The monoisotopic (exact) mass is 668 g/mol. The minimum absolute atomic E-state index is 0.555. The predicted octanol–water partition coefficient (Wildman–Crippen LogP) is 11.5. The molecule has 7 rings (SSSR count). The van der Waals surface area contributed by atoms with E-state index in [4.69, 9.17) is 0 Å². The van der Waals surface area contributed by atoms with Crippen LogP contribution in [0.5, 0.6) is 0 Å². The molecule has 7 aromatic rings. The van der Waals surface area contributed by atoms with Crippen molar-refractivity contribution in [1.82, 2.24) is 9.97 Å². The van der Waals surface area contributed by atoms with E-state index in [-0.39, 0.29) is 0 Å². The van der Waals surface area contributed by atoms with Gasteiger partial charge in [-0.05, 0) is 107 Å². The van der Waals surface area contributed by atoms with Crippen LogP contribution in [0.15, 0.2) is 183 Å². The Morgan fingerprint density at radius 3 is 1.02 bits per heavy atom. The average Bonchev–Trinajstić information content (AvgIpc) is 3.22. The topological polar surface area (TPSA) is 79.8 Å². The number of aromatic nitrogens is 2. The average molecular weight is 669 g/mol. The lowest BCUT2D eigenvalue weighted by molar-refractivity contribution is 1.24. The van der Waals surface area contributed by atoms with E-state index in [1.165, 1.54) is 0 Å². The molecule has 6 nitrogen and oxygen atoms in total. The molecule has 0 unspecified atom stereocenters. The lowest BCUT2D eigenvalue weighted by Crippen LogP contribution is -2.09. The van der Waals surface area contributed by atoms with Crippen molar-refractivity contribution in [3.63, 3.8) is 0 Å². The van der Waals surface area contributed by atoms with E-state index < -0.39 is 0 Å². The van der Waals surface area contributed by atoms with Crippen LogP contribution in [0.3, 0.4) is 0 Å². The molecule has 0 radical (unpaired) electrons. The summed E-state index contributed by atoms with van der Waals surface area (Å²) >= 11 is 0. The molecular formula is C46H32N6. The van der Waals surface area contributed by atoms with Crippen molar-refractivity contribution in [3.8, 4) is 12.1 Å². The van der Waals surface area contributed by atoms with Crippen LogP contribution in [0.25, 0.3) is 23.3 Å². The fourth-order valence-corrected chi connectivity index (χ4v) is 6.00. The first-order valence-corrected chi connectivity index (χ1v) is 16.7. The summed E-state index contributed by atoms with van der Waals surface area (Å²) in [7, 11) is 0. The molecule has 0 N–H and O–H groups in total. The number of pyridine rings is 2. The van der Waals surface area contributed by atoms with Crippen LogP contribution in [-0.2, 0) is 0 Å². The summed E-state index contributed by atoms with van der Waals surface area (Å²) in [6.07, 6.45) is 10.9. The van der Waals surface area contributed by atoms with Gasteiger partial charge in [-0.2, -0.15) is 10.5 Å². The Kier molecular flexibility index (Phi) is 10.0. The highest BCUT2D eigenvalue weighted by molar-refractivity contribution is 5.92. The second-order valence-corrected chi connectivity index (χ2v) is 11.9. The van der Waals surface area contributed by atoms with Crippen molar-refractivity contribution in [2.45, 2.75) is 0 Å². The molecule has 0 spiro atoms. The Morgan fingerprint density at radius 1 is 0.385 bits per heavy atom.